The molecule has 2 atom stereocenters. The highest BCUT2D eigenvalue weighted by molar-refractivity contribution is 6.27. The van der Waals surface area contributed by atoms with Gasteiger partial charge in [-0.2, -0.15) is 0 Å². The van der Waals surface area contributed by atoms with Crippen LogP contribution in [0.5, 0.6) is 11.5 Å². The number of carbonyl (C=O) groups excluding carboxylic acids is 2. The number of benzene rings is 1. The molecule has 0 unspecified atom stereocenters. The number of halogens is 1. The van der Waals surface area contributed by atoms with Gasteiger partial charge in [0.05, 0.1) is 25.8 Å². The fourth-order valence-electron chi connectivity index (χ4n) is 4.01. The Hall–Kier alpha value is -2.21. The van der Waals surface area contributed by atoms with Crippen LogP contribution >= 0.6 is 11.6 Å². The Labute approximate surface area is 163 Å². The highest BCUT2D eigenvalue weighted by Crippen LogP contribution is 2.44. The predicted octanol–water partition coefficient (Wildman–Crippen LogP) is 3.18. The number of aliphatic hydroxyl groups excluding tert-OH is 1. The van der Waals surface area contributed by atoms with Gasteiger partial charge in [-0.05, 0) is 35.6 Å². The zero-order chi connectivity index (χ0) is 19.7. The second-order valence-electron chi connectivity index (χ2n) is 7.08. The molecule has 1 aromatic carbocycles. The van der Waals surface area contributed by atoms with E-state index < -0.39 is 6.04 Å². The zero-order valence-corrected chi connectivity index (χ0v) is 16.5. The zero-order valence-electron chi connectivity index (χ0n) is 15.8. The molecule has 1 amide bonds. The largest absolute Gasteiger partial charge is 0.512 e. The van der Waals surface area contributed by atoms with Crippen LogP contribution in [0.3, 0.4) is 0 Å². The molecular weight excluding hydrogens is 370 g/mol. The SMILES string of the molecule is COc1cc2c(cc1OC)[C@@H](C1=C(O)C[C@H](C)CC1=O)N(C(=O)CCl)CC2. The molecule has 0 fully saturated rings. The summed E-state index contributed by atoms with van der Waals surface area (Å²) in [6.45, 7) is 2.34. The van der Waals surface area contributed by atoms with Gasteiger partial charge >= 0.3 is 0 Å². The predicted molar refractivity (Wildman–Crippen MR) is 101 cm³/mol. The molecule has 3 rings (SSSR count). The second kappa shape index (κ2) is 7.80. The van der Waals surface area contributed by atoms with Crippen LogP contribution < -0.4 is 9.47 Å². The number of alkyl halides is 1. The van der Waals surface area contributed by atoms with Crippen LogP contribution in [0.25, 0.3) is 0 Å². The number of nitrogens with zero attached hydrogens (tertiary/aromatic N) is 1. The van der Waals surface area contributed by atoms with Crippen LogP contribution in [-0.4, -0.2) is 48.3 Å². The number of amides is 1. The van der Waals surface area contributed by atoms with Crippen LogP contribution in [0.2, 0.25) is 0 Å². The lowest BCUT2D eigenvalue weighted by Crippen LogP contribution is -2.43. The minimum atomic E-state index is -0.667. The first-order valence-electron chi connectivity index (χ1n) is 8.96. The molecule has 0 spiro atoms. The van der Waals surface area contributed by atoms with Crippen molar-refractivity contribution in [3.8, 4) is 11.5 Å². The summed E-state index contributed by atoms with van der Waals surface area (Å²) in [6, 6.07) is 3.00. The summed E-state index contributed by atoms with van der Waals surface area (Å²) in [7, 11) is 3.10. The number of rotatable bonds is 4. The van der Waals surface area contributed by atoms with E-state index in [-0.39, 0.29) is 29.2 Å². The molecule has 0 saturated heterocycles. The molecule has 6 nitrogen and oxygen atoms in total. The summed E-state index contributed by atoms with van der Waals surface area (Å²) < 4.78 is 10.8. The minimum Gasteiger partial charge on any atom is -0.512 e. The van der Waals surface area contributed by atoms with Crippen molar-refractivity contribution >= 4 is 23.3 Å². The smallest absolute Gasteiger partial charge is 0.238 e. The molecule has 0 saturated carbocycles. The lowest BCUT2D eigenvalue weighted by Gasteiger charge is -2.40. The molecule has 1 aromatic rings. The first-order chi connectivity index (χ1) is 12.9. The van der Waals surface area contributed by atoms with E-state index in [1.807, 2.05) is 13.0 Å². The Morgan fingerprint density at radius 2 is 1.93 bits per heavy atom. The number of ketones is 1. The van der Waals surface area contributed by atoms with Gasteiger partial charge in [0.15, 0.2) is 17.3 Å². The molecule has 7 heteroatoms. The average molecular weight is 394 g/mol. The number of hydrogen-bond donors (Lipinski definition) is 1. The van der Waals surface area contributed by atoms with E-state index in [1.54, 1.807) is 18.1 Å². The van der Waals surface area contributed by atoms with Gasteiger partial charge in [0.25, 0.3) is 0 Å². The number of methoxy groups -OCH3 is 2. The van der Waals surface area contributed by atoms with Gasteiger partial charge < -0.3 is 19.5 Å². The van der Waals surface area contributed by atoms with Gasteiger partial charge in [0, 0.05) is 19.4 Å². The van der Waals surface area contributed by atoms with Gasteiger partial charge in [-0.15, -0.1) is 11.6 Å². The molecule has 0 radical (unpaired) electrons. The quantitative estimate of drug-likeness (QED) is 0.795. The standard InChI is InChI=1S/C20H24ClNO5/c1-11-6-14(23)19(15(24)7-11)20-13-9-17(27-3)16(26-2)8-12(13)4-5-22(20)18(25)10-21/h8-9,11,20,23H,4-7,10H2,1-3H3/t11-,20-/m0/s1. The number of hydrogen-bond acceptors (Lipinski definition) is 5. The van der Waals surface area contributed by atoms with Crippen molar-refractivity contribution in [2.45, 2.75) is 32.2 Å². The van der Waals surface area contributed by atoms with Crippen LogP contribution in [0.1, 0.15) is 36.9 Å². The topological polar surface area (TPSA) is 76.1 Å². The van der Waals surface area contributed by atoms with E-state index in [4.69, 9.17) is 21.1 Å². The number of fused-ring (bicyclic) bond motifs is 1. The molecule has 1 aliphatic heterocycles. The van der Waals surface area contributed by atoms with E-state index in [0.717, 1.165) is 11.1 Å². The Morgan fingerprint density at radius 3 is 2.52 bits per heavy atom. The van der Waals surface area contributed by atoms with E-state index >= 15 is 0 Å². The van der Waals surface area contributed by atoms with Gasteiger partial charge in [-0.3, -0.25) is 9.59 Å². The van der Waals surface area contributed by atoms with Crippen molar-refractivity contribution in [1.29, 1.82) is 0 Å². The summed E-state index contributed by atoms with van der Waals surface area (Å²) in [5, 5.41) is 10.6. The number of Topliss-reactive ketones (excluding diaryl/α,β-unsaturated/α-hetero) is 1. The average Bonchev–Trinajstić information content (AvgIpc) is 2.65. The molecular formula is C20H24ClNO5. The van der Waals surface area contributed by atoms with Gasteiger partial charge in [-0.1, -0.05) is 6.92 Å². The molecule has 1 N–H and O–H groups in total. The second-order valence-corrected chi connectivity index (χ2v) is 7.34. The molecule has 2 aliphatic rings. The third kappa shape index (κ3) is 3.50. The third-order valence-electron chi connectivity index (χ3n) is 5.27. The normalized spacial score (nSPS) is 22.5. The summed E-state index contributed by atoms with van der Waals surface area (Å²) >= 11 is 5.82. The van der Waals surface area contributed by atoms with Crippen molar-refractivity contribution in [2.24, 2.45) is 5.92 Å². The maximum Gasteiger partial charge on any atom is 0.238 e. The molecule has 0 bridgehead atoms. The Bertz CT molecular complexity index is 804. The van der Waals surface area contributed by atoms with Crippen LogP contribution in [0.4, 0.5) is 0 Å². The first kappa shape index (κ1) is 19.5. The third-order valence-corrected chi connectivity index (χ3v) is 5.50. The summed E-state index contributed by atoms with van der Waals surface area (Å²) in [5.74, 6) is 0.649. The van der Waals surface area contributed by atoms with Crippen LogP contribution in [0.15, 0.2) is 23.5 Å². The Balaban J connectivity index is 2.20. The first-order valence-corrected chi connectivity index (χ1v) is 9.50. The molecule has 1 heterocycles. The van der Waals surface area contributed by atoms with E-state index in [1.165, 1.54) is 7.11 Å². The maximum atomic E-state index is 12.8. The van der Waals surface area contributed by atoms with E-state index in [0.29, 0.717) is 42.9 Å². The Morgan fingerprint density at radius 1 is 1.26 bits per heavy atom. The lowest BCUT2D eigenvalue weighted by atomic mass is 9.79. The van der Waals surface area contributed by atoms with Crippen molar-refractivity contribution in [1.82, 2.24) is 4.90 Å². The van der Waals surface area contributed by atoms with Gasteiger partial charge in [-0.25, -0.2) is 0 Å². The maximum absolute atomic E-state index is 12.8. The lowest BCUT2D eigenvalue weighted by molar-refractivity contribution is -0.131. The molecule has 1 aliphatic carbocycles. The fraction of sp³-hybridized carbons (Fsp3) is 0.500. The monoisotopic (exact) mass is 393 g/mol. The van der Waals surface area contributed by atoms with E-state index in [2.05, 4.69) is 0 Å². The highest BCUT2D eigenvalue weighted by atomic mass is 35.5. The molecule has 146 valence electrons. The summed E-state index contributed by atoms with van der Waals surface area (Å²) in [4.78, 5) is 26.9. The van der Waals surface area contributed by atoms with Gasteiger partial charge in [0.1, 0.15) is 11.6 Å². The summed E-state index contributed by atoms with van der Waals surface area (Å²) in [5.41, 5.74) is 2.02. The highest BCUT2D eigenvalue weighted by Gasteiger charge is 2.40. The van der Waals surface area contributed by atoms with Crippen molar-refractivity contribution in [3.63, 3.8) is 0 Å². The molecule has 27 heavy (non-hydrogen) atoms. The minimum absolute atomic E-state index is 0.0544. The van der Waals surface area contributed by atoms with E-state index in [9.17, 15) is 14.7 Å². The summed E-state index contributed by atoms with van der Waals surface area (Å²) in [6.07, 6.45) is 1.37. The van der Waals surface area contributed by atoms with Crippen molar-refractivity contribution in [2.75, 3.05) is 26.6 Å². The number of ether oxygens (including phenoxy) is 2. The van der Waals surface area contributed by atoms with Crippen molar-refractivity contribution in [3.05, 3.63) is 34.6 Å². The van der Waals surface area contributed by atoms with Crippen molar-refractivity contribution < 1.29 is 24.2 Å². The van der Waals surface area contributed by atoms with Gasteiger partial charge in [0.2, 0.25) is 5.91 Å². The molecule has 0 aromatic heterocycles. The Kier molecular flexibility index (Phi) is 5.65. The number of allylic oxidation sites excluding steroid dienone is 1. The van der Waals surface area contributed by atoms with Crippen LogP contribution in [-0.2, 0) is 16.0 Å². The number of aliphatic hydroxyl groups is 1. The fourth-order valence-corrected chi connectivity index (χ4v) is 4.17. The number of carbonyl (C=O) groups is 2. The van der Waals surface area contributed by atoms with Crippen LogP contribution in [0, 0.1) is 5.92 Å².